The van der Waals surface area contributed by atoms with Crippen LogP contribution in [0.25, 0.3) is 0 Å². The Balaban J connectivity index is 3.03. The molecule has 0 heterocycles. The molecule has 0 aliphatic carbocycles. The van der Waals surface area contributed by atoms with Crippen LogP contribution in [0.5, 0.6) is 0 Å². The van der Waals surface area contributed by atoms with Crippen LogP contribution in [0.1, 0.15) is 40.0 Å². The van der Waals surface area contributed by atoms with Crippen LogP contribution in [-0.2, 0) is 0 Å². The molecule has 0 amide bonds. The van der Waals surface area contributed by atoms with Gasteiger partial charge in [0.1, 0.15) is 0 Å². The topological polar surface area (TPSA) is 26.0 Å². The lowest BCUT2D eigenvalue weighted by molar-refractivity contribution is 0.464. The van der Waals surface area contributed by atoms with E-state index in [0.29, 0.717) is 0 Å². The zero-order valence-electron chi connectivity index (χ0n) is 7.56. The molecular weight excluding hydrogens is 122 g/mol. The van der Waals surface area contributed by atoms with E-state index in [1.807, 2.05) is 0 Å². The van der Waals surface area contributed by atoms with Gasteiger partial charge < -0.3 is 5.73 Å². The van der Waals surface area contributed by atoms with Gasteiger partial charge in [0.2, 0.25) is 0 Å². The quantitative estimate of drug-likeness (QED) is 0.628. The summed E-state index contributed by atoms with van der Waals surface area (Å²) in [6.07, 6.45) is 4.00. The van der Waals surface area contributed by atoms with Gasteiger partial charge in [-0.05, 0) is 24.8 Å². The summed E-state index contributed by atoms with van der Waals surface area (Å²) in [7, 11) is 0. The zero-order chi connectivity index (χ0) is 7.98. The highest BCUT2D eigenvalue weighted by Crippen LogP contribution is 2.10. The van der Waals surface area contributed by atoms with Crippen molar-refractivity contribution in [3.63, 3.8) is 0 Å². The van der Waals surface area contributed by atoms with E-state index in [2.05, 4.69) is 20.8 Å². The second-order valence-electron chi connectivity index (χ2n) is 3.67. The third-order valence-electron chi connectivity index (χ3n) is 1.88. The highest BCUT2D eigenvalue weighted by Gasteiger charge is 1.99. The summed E-state index contributed by atoms with van der Waals surface area (Å²) in [6, 6.07) is 0. The second kappa shape index (κ2) is 5.72. The molecule has 0 aliphatic heterocycles. The average Bonchev–Trinajstić information content (AvgIpc) is 1.87. The van der Waals surface area contributed by atoms with Gasteiger partial charge >= 0.3 is 0 Å². The maximum Gasteiger partial charge on any atom is -0.00515 e. The SMILES string of the molecule is CC(C)CCC[C@@H](C)CN. The number of rotatable bonds is 5. The molecule has 0 rings (SSSR count). The fraction of sp³-hybridized carbons (Fsp3) is 1.00. The minimum Gasteiger partial charge on any atom is -0.330 e. The first-order valence-corrected chi connectivity index (χ1v) is 4.37. The lowest BCUT2D eigenvalue weighted by atomic mass is 10.00. The first-order chi connectivity index (χ1) is 4.66. The van der Waals surface area contributed by atoms with E-state index in [1.54, 1.807) is 0 Å². The molecular formula is C9H21N. The standard InChI is InChI=1S/C9H21N/c1-8(2)5-4-6-9(3)7-10/h8-9H,4-7,10H2,1-3H3/t9-/m1/s1. The van der Waals surface area contributed by atoms with Crippen molar-refractivity contribution in [1.82, 2.24) is 0 Å². The summed E-state index contributed by atoms with van der Waals surface area (Å²) in [5.74, 6) is 1.57. The molecule has 2 N–H and O–H groups in total. The summed E-state index contributed by atoms with van der Waals surface area (Å²) in [5, 5.41) is 0. The monoisotopic (exact) mass is 143 g/mol. The molecule has 0 aromatic heterocycles. The lowest BCUT2D eigenvalue weighted by Crippen LogP contribution is -2.10. The van der Waals surface area contributed by atoms with Gasteiger partial charge in [-0.15, -0.1) is 0 Å². The first kappa shape index (κ1) is 9.96. The summed E-state index contributed by atoms with van der Waals surface area (Å²) >= 11 is 0. The van der Waals surface area contributed by atoms with Crippen molar-refractivity contribution in [3.05, 3.63) is 0 Å². The predicted octanol–water partition coefficient (Wildman–Crippen LogP) is 2.41. The molecule has 0 aromatic carbocycles. The van der Waals surface area contributed by atoms with Gasteiger partial charge in [-0.3, -0.25) is 0 Å². The van der Waals surface area contributed by atoms with Crippen molar-refractivity contribution >= 4 is 0 Å². The molecule has 0 aliphatic rings. The molecule has 0 saturated heterocycles. The van der Waals surface area contributed by atoms with Crippen molar-refractivity contribution in [2.24, 2.45) is 17.6 Å². The van der Waals surface area contributed by atoms with Crippen molar-refractivity contribution in [1.29, 1.82) is 0 Å². The van der Waals surface area contributed by atoms with Crippen molar-refractivity contribution in [2.45, 2.75) is 40.0 Å². The largest absolute Gasteiger partial charge is 0.330 e. The van der Waals surface area contributed by atoms with E-state index in [4.69, 9.17) is 5.73 Å². The molecule has 1 atom stereocenters. The molecule has 0 radical (unpaired) electrons. The first-order valence-electron chi connectivity index (χ1n) is 4.37. The maximum atomic E-state index is 5.49. The Kier molecular flexibility index (Phi) is 5.70. The van der Waals surface area contributed by atoms with E-state index in [-0.39, 0.29) is 0 Å². The van der Waals surface area contributed by atoms with Gasteiger partial charge in [0.15, 0.2) is 0 Å². The Hall–Kier alpha value is -0.0400. The molecule has 0 aromatic rings. The third-order valence-corrected chi connectivity index (χ3v) is 1.88. The Bertz CT molecular complexity index is 69.1. The summed E-state index contributed by atoms with van der Waals surface area (Å²) < 4.78 is 0. The fourth-order valence-electron chi connectivity index (χ4n) is 0.992. The number of hydrogen-bond donors (Lipinski definition) is 1. The van der Waals surface area contributed by atoms with Crippen LogP contribution in [0.4, 0.5) is 0 Å². The normalized spacial score (nSPS) is 14.1. The molecule has 1 heteroatoms. The van der Waals surface area contributed by atoms with Crippen molar-refractivity contribution in [2.75, 3.05) is 6.54 Å². The number of hydrogen-bond acceptors (Lipinski definition) is 1. The van der Waals surface area contributed by atoms with E-state index in [9.17, 15) is 0 Å². The molecule has 0 bridgehead atoms. The van der Waals surface area contributed by atoms with Crippen LogP contribution in [0.3, 0.4) is 0 Å². The van der Waals surface area contributed by atoms with Gasteiger partial charge in [0.25, 0.3) is 0 Å². The van der Waals surface area contributed by atoms with Crippen LogP contribution in [0, 0.1) is 11.8 Å². The van der Waals surface area contributed by atoms with Gasteiger partial charge in [-0.2, -0.15) is 0 Å². The average molecular weight is 143 g/mol. The zero-order valence-corrected chi connectivity index (χ0v) is 7.56. The Labute approximate surface area is 65.0 Å². The van der Waals surface area contributed by atoms with Gasteiger partial charge in [0.05, 0.1) is 0 Å². The number of nitrogens with two attached hydrogens (primary N) is 1. The third kappa shape index (κ3) is 6.09. The Morgan fingerprint density at radius 3 is 2.10 bits per heavy atom. The van der Waals surface area contributed by atoms with Crippen LogP contribution < -0.4 is 5.73 Å². The molecule has 0 fully saturated rings. The van der Waals surface area contributed by atoms with Crippen molar-refractivity contribution in [3.8, 4) is 0 Å². The molecule has 0 unspecified atom stereocenters. The molecule has 10 heavy (non-hydrogen) atoms. The van der Waals surface area contributed by atoms with E-state index < -0.39 is 0 Å². The van der Waals surface area contributed by atoms with E-state index in [1.165, 1.54) is 19.3 Å². The molecule has 0 saturated carbocycles. The summed E-state index contributed by atoms with van der Waals surface area (Å²) in [5.41, 5.74) is 5.49. The molecule has 1 nitrogen and oxygen atoms in total. The van der Waals surface area contributed by atoms with E-state index in [0.717, 1.165) is 18.4 Å². The van der Waals surface area contributed by atoms with Crippen molar-refractivity contribution < 1.29 is 0 Å². The fourth-order valence-corrected chi connectivity index (χ4v) is 0.992. The maximum absolute atomic E-state index is 5.49. The van der Waals surface area contributed by atoms with Crippen LogP contribution >= 0.6 is 0 Å². The van der Waals surface area contributed by atoms with E-state index >= 15 is 0 Å². The minimum absolute atomic E-state index is 0.721. The second-order valence-corrected chi connectivity index (χ2v) is 3.67. The van der Waals surface area contributed by atoms with Gasteiger partial charge in [-0.1, -0.05) is 33.6 Å². The highest BCUT2D eigenvalue weighted by atomic mass is 14.5. The molecule has 62 valence electrons. The lowest BCUT2D eigenvalue weighted by Gasteiger charge is -2.08. The Morgan fingerprint density at radius 1 is 1.10 bits per heavy atom. The van der Waals surface area contributed by atoms with Crippen LogP contribution in [0.15, 0.2) is 0 Å². The van der Waals surface area contributed by atoms with Crippen LogP contribution in [-0.4, -0.2) is 6.54 Å². The van der Waals surface area contributed by atoms with Gasteiger partial charge in [0, 0.05) is 0 Å². The smallest absolute Gasteiger partial charge is 0.00515 e. The summed E-state index contributed by atoms with van der Waals surface area (Å²) in [4.78, 5) is 0. The highest BCUT2D eigenvalue weighted by molar-refractivity contribution is 4.54. The Morgan fingerprint density at radius 2 is 1.70 bits per heavy atom. The van der Waals surface area contributed by atoms with Crippen LogP contribution in [0.2, 0.25) is 0 Å². The molecule has 0 spiro atoms. The van der Waals surface area contributed by atoms with Gasteiger partial charge in [-0.25, -0.2) is 0 Å². The predicted molar refractivity (Wildman–Crippen MR) is 46.9 cm³/mol. The summed E-state index contributed by atoms with van der Waals surface area (Å²) in [6.45, 7) is 7.61. The minimum atomic E-state index is 0.721.